The zero-order chi connectivity index (χ0) is 44.5. The molecule has 6 bridgehead atoms. The van der Waals surface area contributed by atoms with Gasteiger partial charge in [0.2, 0.25) is 11.8 Å². The van der Waals surface area contributed by atoms with Crippen LogP contribution in [0.1, 0.15) is 83.7 Å². The van der Waals surface area contributed by atoms with Crippen LogP contribution in [0.3, 0.4) is 0 Å². The van der Waals surface area contributed by atoms with Crippen LogP contribution >= 0.6 is 0 Å². The summed E-state index contributed by atoms with van der Waals surface area (Å²) in [6.07, 6.45) is 3.80. The number of benzene rings is 2. The van der Waals surface area contributed by atoms with Crippen LogP contribution in [0.25, 0.3) is 33.3 Å². The topological polar surface area (TPSA) is 167 Å². The van der Waals surface area contributed by atoms with Gasteiger partial charge in [-0.05, 0) is 111 Å². The summed E-state index contributed by atoms with van der Waals surface area (Å²) in [6, 6.07) is 12.8. The second kappa shape index (κ2) is 18.6. The predicted molar refractivity (Wildman–Crippen MR) is 238 cm³/mol. The number of carbonyl (C=O) groups is 4. The number of hydrogen-bond donors (Lipinski definition) is 4. The van der Waals surface area contributed by atoms with E-state index in [1.54, 1.807) is 32.5 Å². The van der Waals surface area contributed by atoms with Crippen molar-refractivity contribution >= 4 is 34.6 Å². The number of esters is 1. The van der Waals surface area contributed by atoms with E-state index < -0.39 is 41.3 Å². The molecule has 62 heavy (non-hydrogen) atoms. The first kappa shape index (κ1) is 44.7. The van der Waals surface area contributed by atoms with Gasteiger partial charge < -0.3 is 34.7 Å². The molecule has 332 valence electrons. The van der Waals surface area contributed by atoms with E-state index in [0.717, 1.165) is 51.1 Å². The second-order valence-electron chi connectivity index (χ2n) is 18.4. The fraction of sp³-hybridized carbons (Fsp3) is 0.521. The number of cyclic esters (lactones) is 1. The predicted octanol–water partition coefficient (Wildman–Crippen LogP) is 5.54. The number of hydrogen-bond acceptors (Lipinski definition) is 10. The number of aromatic hydroxyl groups is 1. The SMILES string of the molecule is CCn1c(-c2cccnc2[C@H](C)OC)c2c3cc(ccc31)-c1cc(O)cc(c1)C[C@H](NC(=O)C(C(C)C)N(C)C(=O)[C@H]1CCNC1)C(=O)N1CCC[C@H](N1)C(=O)OCC(C)(C)C2. The molecular weight excluding hydrogens is 787 g/mol. The second-order valence-corrected chi connectivity index (χ2v) is 18.4. The fourth-order valence-electron chi connectivity index (χ4n) is 9.54. The summed E-state index contributed by atoms with van der Waals surface area (Å²) in [6.45, 7) is 14.4. The van der Waals surface area contributed by atoms with Crippen LogP contribution in [0.4, 0.5) is 0 Å². The van der Waals surface area contributed by atoms with Crippen LogP contribution in [0, 0.1) is 17.3 Å². The van der Waals surface area contributed by atoms with Crippen LogP contribution < -0.4 is 16.1 Å². The zero-order valence-electron chi connectivity index (χ0n) is 37.4. The largest absolute Gasteiger partial charge is 0.508 e. The first-order chi connectivity index (χ1) is 29.6. The van der Waals surface area contributed by atoms with E-state index in [4.69, 9.17) is 14.5 Å². The lowest BCUT2D eigenvalue weighted by Crippen LogP contribution is -2.62. The van der Waals surface area contributed by atoms with E-state index in [1.165, 1.54) is 9.91 Å². The maximum atomic E-state index is 14.6. The molecule has 14 heteroatoms. The van der Waals surface area contributed by atoms with Gasteiger partial charge in [0, 0.05) is 68.3 Å². The van der Waals surface area contributed by atoms with Crippen LogP contribution in [0.5, 0.6) is 5.75 Å². The number of phenols is 1. The number of ether oxygens (including phenoxy) is 2. The average molecular weight is 850 g/mol. The molecular formula is C48H63N7O7. The Morgan fingerprint density at radius 2 is 1.89 bits per heavy atom. The Morgan fingerprint density at radius 3 is 2.60 bits per heavy atom. The highest BCUT2D eigenvalue weighted by molar-refractivity contribution is 5.96. The number of rotatable bonds is 9. The molecule has 3 amide bonds. The van der Waals surface area contributed by atoms with Gasteiger partial charge in [0.25, 0.3) is 5.91 Å². The molecule has 7 rings (SSSR count). The Morgan fingerprint density at radius 1 is 1.10 bits per heavy atom. The Labute approximate surface area is 364 Å². The molecule has 3 aliphatic heterocycles. The van der Waals surface area contributed by atoms with Crippen molar-refractivity contribution in [1.29, 1.82) is 0 Å². The first-order valence-electron chi connectivity index (χ1n) is 22.1. The van der Waals surface area contributed by atoms with Crippen LogP contribution in [-0.2, 0) is 48.0 Å². The van der Waals surface area contributed by atoms with Gasteiger partial charge in [-0.1, -0.05) is 39.8 Å². The normalized spacial score (nSPS) is 21.6. The number of fused-ring (bicyclic) bond motifs is 6. The molecule has 0 radical (unpaired) electrons. The molecule has 2 fully saturated rings. The molecule has 4 aromatic rings. The lowest BCUT2D eigenvalue weighted by molar-refractivity contribution is -0.155. The minimum Gasteiger partial charge on any atom is -0.508 e. The molecule has 14 nitrogen and oxygen atoms in total. The number of methoxy groups -OCH3 is 1. The number of likely N-dealkylation sites (N-methyl/N-ethyl adjacent to an activating group) is 1. The van der Waals surface area contributed by atoms with Crippen molar-refractivity contribution < 1.29 is 33.8 Å². The van der Waals surface area contributed by atoms with E-state index in [0.29, 0.717) is 50.9 Å². The summed E-state index contributed by atoms with van der Waals surface area (Å²) >= 11 is 0. The molecule has 0 spiro atoms. The van der Waals surface area contributed by atoms with Crippen molar-refractivity contribution in [3.05, 3.63) is 71.5 Å². The Balaban J connectivity index is 1.35. The van der Waals surface area contributed by atoms with E-state index in [2.05, 4.69) is 59.6 Å². The summed E-state index contributed by atoms with van der Waals surface area (Å²) in [4.78, 5) is 62.7. The number of nitrogens with zero attached hydrogens (tertiary/aromatic N) is 4. The van der Waals surface area contributed by atoms with Gasteiger partial charge >= 0.3 is 5.97 Å². The highest BCUT2D eigenvalue weighted by atomic mass is 16.5. The molecule has 5 heterocycles. The molecule has 2 saturated heterocycles. The molecule has 0 saturated carbocycles. The highest BCUT2D eigenvalue weighted by Gasteiger charge is 2.39. The molecule has 5 atom stereocenters. The quantitative estimate of drug-likeness (QED) is 0.157. The fourth-order valence-corrected chi connectivity index (χ4v) is 9.54. The molecule has 3 aliphatic rings. The van der Waals surface area contributed by atoms with Gasteiger partial charge in [-0.15, -0.1) is 0 Å². The summed E-state index contributed by atoms with van der Waals surface area (Å²) in [5, 5.41) is 20.0. The molecule has 1 unspecified atom stereocenters. The van der Waals surface area contributed by atoms with Crippen molar-refractivity contribution in [1.82, 2.24) is 35.5 Å². The third-order valence-corrected chi connectivity index (χ3v) is 12.8. The van der Waals surface area contributed by atoms with E-state index >= 15 is 0 Å². The van der Waals surface area contributed by atoms with E-state index in [1.807, 2.05) is 39.0 Å². The minimum atomic E-state index is -1.10. The van der Waals surface area contributed by atoms with Crippen molar-refractivity contribution in [2.45, 2.75) is 104 Å². The zero-order valence-corrected chi connectivity index (χ0v) is 37.4. The smallest absolute Gasteiger partial charge is 0.324 e. The molecule has 2 aromatic heterocycles. The van der Waals surface area contributed by atoms with Crippen molar-refractivity contribution in [3.63, 3.8) is 0 Å². The number of aryl methyl sites for hydroxylation is 1. The molecule has 4 N–H and O–H groups in total. The number of nitrogens with one attached hydrogen (secondary N) is 3. The van der Waals surface area contributed by atoms with Gasteiger partial charge in [-0.25, -0.2) is 5.43 Å². The van der Waals surface area contributed by atoms with Gasteiger partial charge in [0.15, 0.2) is 0 Å². The summed E-state index contributed by atoms with van der Waals surface area (Å²) in [5.41, 5.74) is 9.72. The molecule has 2 aromatic carbocycles. The van der Waals surface area contributed by atoms with Crippen molar-refractivity contribution in [2.24, 2.45) is 17.3 Å². The number of pyridine rings is 1. The Hall–Kier alpha value is -5.31. The van der Waals surface area contributed by atoms with Crippen molar-refractivity contribution in [2.75, 3.05) is 40.4 Å². The number of hydrazine groups is 1. The average Bonchev–Trinajstić information content (AvgIpc) is 3.90. The van der Waals surface area contributed by atoms with Crippen LogP contribution in [-0.4, -0.2) is 107 Å². The standard InChI is InChI=1S/C48H63N7O7/c1-9-54-40-15-14-31-24-36(40)37(43(54)35-12-10-17-50-41(35)29(4)61-8)25-48(5,6)27-62-47(60)38-13-11-19-55(52-38)46(59)39(22-30-20-33(31)23-34(56)21-30)51-44(57)42(28(2)3)53(7)45(58)32-16-18-49-26-32/h10,12,14-15,17,20-21,23-24,28-29,32,38-39,42,49,52,56H,9,11,13,16,18-19,22,25-27H2,1-8H3,(H,51,57)/t29-,32-,38-,39-,42?/m0/s1. The summed E-state index contributed by atoms with van der Waals surface area (Å²) in [5.74, 6) is -1.94. The third-order valence-electron chi connectivity index (χ3n) is 12.8. The summed E-state index contributed by atoms with van der Waals surface area (Å²) < 4.78 is 14.2. The highest BCUT2D eigenvalue weighted by Crippen LogP contribution is 2.42. The van der Waals surface area contributed by atoms with Gasteiger partial charge in [0.05, 0.1) is 30.0 Å². The molecule has 0 aliphatic carbocycles. The van der Waals surface area contributed by atoms with Crippen LogP contribution in [0.15, 0.2) is 54.7 Å². The third kappa shape index (κ3) is 9.23. The number of phenolic OH excluding ortho intramolecular Hbond substituents is 1. The van der Waals surface area contributed by atoms with Gasteiger partial charge in [0.1, 0.15) is 23.9 Å². The minimum absolute atomic E-state index is 0.0146. The van der Waals surface area contributed by atoms with E-state index in [9.17, 15) is 24.3 Å². The van der Waals surface area contributed by atoms with Crippen LogP contribution in [0.2, 0.25) is 0 Å². The van der Waals surface area contributed by atoms with E-state index in [-0.39, 0.29) is 42.6 Å². The monoisotopic (exact) mass is 849 g/mol. The number of amides is 3. The first-order valence-corrected chi connectivity index (χ1v) is 22.1. The Bertz CT molecular complexity index is 2320. The lowest BCUT2D eigenvalue weighted by Gasteiger charge is -2.37. The Kier molecular flexibility index (Phi) is 13.4. The maximum Gasteiger partial charge on any atom is 0.324 e. The van der Waals surface area contributed by atoms with Gasteiger partial charge in [-0.2, -0.15) is 0 Å². The van der Waals surface area contributed by atoms with Crippen molar-refractivity contribution in [3.8, 4) is 28.1 Å². The lowest BCUT2D eigenvalue weighted by atomic mass is 9.84. The summed E-state index contributed by atoms with van der Waals surface area (Å²) in [7, 11) is 3.33. The number of carbonyl (C=O) groups excluding carboxylic acids is 4. The number of aromatic nitrogens is 2. The maximum absolute atomic E-state index is 14.6. The van der Waals surface area contributed by atoms with Gasteiger partial charge in [-0.3, -0.25) is 29.2 Å².